The van der Waals surface area contributed by atoms with Crippen LogP contribution in [0.3, 0.4) is 0 Å². The molecule has 0 aliphatic rings. The average molecular weight is 309 g/mol. The van der Waals surface area contributed by atoms with Crippen LogP contribution in [-0.2, 0) is 11.3 Å². The first kappa shape index (κ1) is 15.9. The highest BCUT2D eigenvalue weighted by molar-refractivity contribution is 5.67. The number of rotatable bonds is 6. The second-order valence-corrected chi connectivity index (χ2v) is 4.79. The van der Waals surface area contributed by atoms with Gasteiger partial charge in [-0.2, -0.15) is 0 Å². The molecule has 6 heteroatoms. The highest BCUT2D eigenvalue weighted by Gasteiger charge is 2.12. The van der Waals surface area contributed by atoms with Crippen molar-refractivity contribution in [3.63, 3.8) is 0 Å². The Bertz CT molecular complexity index is 659. The van der Waals surface area contributed by atoms with Crippen LogP contribution >= 0.6 is 0 Å². The Kier molecular flexibility index (Phi) is 5.04. The summed E-state index contributed by atoms with van der Waals surface area (Å²) >= 11 is 0. The van der Waals surface area contributed by atoms with E-state index in [0.29, 0.717) is 5.69 Å². The summed E-state index contributed by atoms with van der Waals surface area (Å²) < 4.78 is 39.3. The molecule has 0 fully saturated rings. The zero-order chi connectivity index (χ0) is 16.1. The molecule has 3 nitrogen and oxygen atoms in total. The molecule has 2 aromatic rings. The average Bonchev–Trinajstić information content (AvgIpc) is 2.48. The monoisotopic (exact) mass is 309 g/mol. The van der Waals surface area contributed by atoms with Gasteiger partial charge in [0, 0.05) is 24.8 Å². The fourth-order valence-electron chi connectivity index (χ4n) is 2.02. The molecule has 0 saturated carbocycles. The largest absolute Gasteiger partial charge is 0.481 e. The van der Waals surface area contributed by atoms with Gasteiger partial charge in [-0.05, 0) is 29.8 Å². The van der Waals surface area contributed by atoms with Crippen LogP contribution in [-0.4, -0.2) is 17.6 Å². The number of anilines is 1. The summed E-state index contributed by atoms with van der Waals surface area (Å²) in [5, 5.41) is 8.80. The van der Waals surface area contributed by atoms with Gasteiger partial charge >= 0.3 is 5.97 Å². The number of benzene rings is 2. The van der Waals surface area contributed by atoms with Crippen molar-refractivity contribution in [2.24, 2.45) is 0 Å². The molecule has 0 bridgehead atoms. The van der Waals surface area contributed by atoms with Gasteiger partial charge in [-0.25, -0.2) is 13.2 Å². The van der Waals surface area contributed by atoms with Gasteiger partial charge in [-0.1, -0.05) is 12.1 Å². The van der Waals surface area contributed by atoms with E-state index in [0.717, 1.165) is 17.7 Å². The van der Waals surface area contributed by atoms with Gasteiger partial charge in [-0.3, -0.25) is 4.79 Å². The number of hydrogen-bond acceptors (Lipinski definition) is 2. The number of halogens is 3. The molecule has 0 heterocycles. The van der Waals surface area contributed by atoms with Crippen molar-refractivity contribution in [1.29, 1.82) is 0 Å². The van der Waals surface area contributed by atoms with Crippen LogP contribution in [0.2, 0.25) is 0 Å². The Morgan fingerprint density at radius 3 is 2.27 bits per heavy atom. The van der Waals surface area contributed by atoms with Gasteiger partial charge in [0.25, 0.3) is 0 Å². The molecule has 0 saturated heterocycles. The number of carboxylic acids is 1. The van der Waals surface area contributed by atoms with Crippen LogP contribution < -0.4 is 4.90 Å². The topological polar surface area (TPSA) is 40.5 Å². The molecule has 2 rings (SSSR count). The Labute approximate surface area is 125 Å². The Morgan fingerprint density at radius 1 is 1.00 bits per heavy atom. The number of carbonyl (C=O) groups is 1. The molecule has 0 aliphatic carbocycles. The molecule has 0 amide bonds. The summed E-state index contributed by atoms with van der Waals surface area (Å²) in [5.41, 5.74) is 1.10. The SMILES string of the molecule is O=C(O)CCN(Cc1ccc(F)cc1)c1ccc(F)c(F)c1. The van der Waals surface area contributed by atoms with Gasteiger partial charge < -0.3 is 10.0 Å². The summed E-state index contributed by atoms with van der Waals surface area (Å²) in [7, 11) is 0. The second-order valence-electron chi connectivity index (χ2n) is 4.79. The third-order valence-corrected chi connectivity index (χ3v) is 3.15. The summed E-state index contributed by atoms with van der Waals surface area (Å²) in [4.78, 5) is 12.3. The number of carboxylic acid groups (broad SMARTS) is 1. The van der Waals surface area contributed by atoms with Gasteiger partial charge in [0.2, 0.25) is 0 Å². The van der Waals surface area contributed by atoms with E-state index in [-0.39, 0.29) is 25.3 Å². The predicted molar refractivity (Wildman–Crippen MR) is 76.1 cm³/mol. The Morgan fingerprint density at radius 2 is 1.68 bits per heavy atom. The molecule has 0 aromatic heterocycles. The van der Waals surface area contributed by atoms with Crippen LogP contribution in [0.5, 0.6) is 0 Å². The van der Waals surface area contributed by atoms with Gasteiger partial charge in [-0.15, -0.1) is 0 Å². The van der Waals surface area contributed by atoms with Crippen molar-refractivity contribution in [2.75, 3.05) is 11.4 Å². The van der Waals surface area contributed by atoms with E-state index >= 15 is 0 Å². The molecule has 116 valence electrons. The van der Waals surface area contributed by atoms with Crippen LogP contribution in [0.1, 0.15) is 12.0 Å². The van der Waals surface area contributed by atoms with E-state index in [1.165, 1.54) is 18.2 Å². The highest BCUT2D eigenvalue weighted by Crippen LogP contribution is 2.20. The fraction of sp³-hybridized carbons (Fsp3) is 0.188. The molecule has 2 aromatic carbocycles. The normalized spacial score (nSPS) is 10.5. The molecule has 22 heavy (non-hydrogen) atoms. The Hall–Kier alpha value is -2.50. The summed E-state index contributed by atoms with van der Waals surface area (Å²) in [6, 6.07) is 9.07. The van der Waals surface area contributed by atoms with E-state index in [1.807, 2.05) is 0 Å². The minimum absolute atomic E-state index is 0.123. The third kappa shape index (κ3) is 4.25. The molecular weight excluding hydrogens is 295 g/mol. The molecule has 0 radical (unpaired) electrons. The lowest BCUT2D eigenvalue weighted by molar-refractivity contribution is -0.136. The molecular formula is C16H14F3NO2. The zero-order valence-electron chi connectivity index (χ0n) is 11.6. The van der Waals surface area contributed by atoms with Crippen molar-refractivity contribution >= 4 is 11.7 Å². The number of nitrogens with zero attached hydrogens (tertiary/aromatic N) is 1. The van der Waals surface area contributed by atoms with E-state index in [9.17, 15) is 18.0 Å². The summed E-state index contributed by atoms with van der Waals surface area (Å²) in [5.74, 6) is -3.35. The highest BCUT2D eigenvalue weighted by atomic mass is 19.2. The molecule has 0 spiro atoms. The van der Waals surface area contributed by atoms with Crippen molar-refractivity contribution in [1.82, 2.24) is 0 Å². The van der Waals surface area contributed by atoms with Crippen LogP contribution in [0.4, 0.5) is 18.9 Å². The Balaban J connectivity index is 2.22. The van der Waals surface area contributed by atoms with Gasteiger partial charge in [0.1, 0.15) is 5.82 Å². The molecule has 1 N–H and O–H groups in total. The van der Waals surface area contributed by atoms with E-state index in [4.69, 9.17) is 5.11 Å². The lowest BCUT2D eigenvalue weighted by Gasteiger charge is -2.24. The van der Waals surface area contributed by atoms with Gasteiger partial charge in [0.05, 0.1) is 6.42 Å². The first-order valence-electron chi connectivity index (χ1n) is 6.62. The van der Waals surface area contributed by atoms with Gasteiger partial charge in [0.15, 0.2) is 11.6 Å². The fourth-order valence-corrected chi connectivity index (χ4v) is 2.02. The smallest absolute Gasteiger partial charge is 0.305 e. The predicted octanol–water partition coefficient (Wildman–Crippen LogP) is 3.59. The van der Waals surface area contributed by atoms with Crippen LogP contribution in [0.15, 0.2) is 42.5 Å². The van der Waals surface area contributed by atoms with Crippen LogP contribution in [0.25, 0.3) is 0 Å². The lowest BCUT2D eigenvalue weighted by Crippen LogP contribution is -2.25. The van der Waals surface area contributed by atoms with E-state index in [2.05, 4.69) is 0 Å². The lowest BCUT2D eigenvalue weighted by atomic mass is 10.1. The molecule has 0 aliphatic heterocycles. The molecule has 0 unspecified atom stereocenters. The molecule has 0 atom stereocenters. The maximum atomic E-state index is 13.4. The van der Waals surface area contributed by atoms with Crippen molar-refractivity contribution in [2.45, 2.75) is 13.0 Å². The summed E-state index contributed by atoms with van der Waals surface area (Å²) in [6.07, 6.45) is -0.153. The zero-order valence-corrected chi connectivity index (χ0v) is 11.6. The first-order chi connectivity index (χ1) is 10.5. The number of aliphatic carboxylic acids is 1. The minimum Gasteiger partial charge on any atom is -0.481 e. The van der Waals surface area contributed by atoms with Crippen molar-refractivity contribution < 1.29 is 23.1 Å². The quantitative estimate of drug-likeness (QED) is 0.886. The van der Waals surface area contributed by atoms with Crippen molar-refractivity contribution in [3.05, 3.63) is 65.5 Å². The third-order valence-electron chi connectivity index (χ3n) is 3.15. The maximum Gasteiger partial charge on any atom is 0.305 e. The summed E-state index contributed by atoms with van der Waals surface area (Å²) in [6.45, 7) is 0.385. The minimum atomic E-state index is -1.00. The van der Waals surface area contributed by atoms with Crippen LogP contribution in [0, 0.1) is 17.5 Å². The van der Waals surface area contributed by atoms with Crippen molar-refractivity contribution in [3.8, 4) is 0 Å². The standard InChI is InChI=1S/C16H14F3NO2/c17-12-3-1-11(2-4-12)10-20(8-7-16(21)22)13-5-6-14(18)15(19)9-13/h1-6,9H,7-8,10H2,(H,21,22). The van der Waals surface area contributed by atoms with E-state index < -0.39 is 17.6 Å². The first-order valence-corrected chi connectivity index (χ1v) is 6.62. The maximum absolute atomic E-state index is 13.4. The van der Waals surface area contributed by atoms with E-state index in [1.54, 1.807) is 17.0 Å². The second kappa shape index (κ2) is 6.98. The number of hydrogen-bond donors (Lipinski definition) is 1.